The summed E-state index contributed by atoms with van der Waals surface area (Å²) in [4.78, 5) is 13.6. The maximum absolute atomic E-state index is 11.9. The Morgan fingerprint density at radius 1 is 1.30 bits per heavy atom. The second-order valence-electron chi connectivity index (χ2n) is 5.45. The summed E-state index contributed by atoms with van der Waals surface area (Å²) in [6.45, 7) is 4.95. The smallest absolute Gasteiger partial charge is 0.409 e. The number of ether oxygens (including phenoxy) is 1. The molecule has 1 aliphatic heterocycles. The summed E-state index contributed by atoms with van der Waals surface area (Å²) < 4.78 is 5.10. The van der Waals surface area contributed by atoms with Crippen LogP contribution in [0.25, 0.3) is 0 Å². The molecule has 0 bridgehead atoms. The van der Waals surface area contributed by atoms with E-state index in [1.165, 1.54) is 5.56 Å². The molecule has 1 fully saturated rings. The number of hydrogen-bond acceptors (Lipinski definition) is 3. The van der Waals surface area contributed by atoms with E-state index in [4.69, 9.17) is 4.74 Å². The molecular formula is C16H24N2O2. The molecule has 20 heavy (non-hydrogen) atoms. The third-order valence-electron chi connectivity index (χ3n) is 4.07. The molecule has 0 radical (unpaired) electrons. The van der Waals surface area contributed by atoms with Crippen molar-refractivity contribution < 1.29 is 9.53 Å². The zero-order valence-electron chi connectivity index (χ0n) is 12.4. The van der Waals surface area contributed by atoms with Crippen LogP contribution in [0.3, 0.4) is 0 Å². The van der Waals surface area contributed by atoms with Gasteiger partial charge in [-0.25, -0.2) is 4.79 Å². The van der Waals surface area contributed by atoms with Crippen LogP contribution in [0.2, 0.25) is 0 Å². The second kappa shape index (κ2) is 6.75. The minimum atomic E-state index is -0.235. The molecule has 1 saturated heterocycles. The molecule has 0 aromatic heterocycles. The Bertz CT molecular complexity index is 427. The van der Waals surface area contributed by atoms with Crippen LogP contribution in [0.1, 0.15) is 25.3 Å². The molecule has 1 aromatic carbocycles. The van der Waals surface area contributed by atoms with Crippen molar-refractivity contribution in [1.29, 1.82) is 0 Å². The molecule has 0 atom stereocenters. The molecule has 110 valence electrons. The Morgan fingerprint density at radius 3 is 2.55 bits per heavy atom. The van der Waals surface area contributed by atoms with Crippen molar-refractivity contribution in [3.05, 3.63) is 35.9 Å². The molecule has 1 amide bonds. The van der Waals surface area contributed by atoms with Gasteiger partial charge in [-0.3, -0.25) is 0 Å². The quantitative estimate of drug-likeness (QED) is 0.918. The van der Waals surface area contributed by atoms with E-state index in [0.717, 1.165) is 25.9 Å². The van der Waals surface area contributed by atoms with Crippen molar-refractivity contribution in [2.24, 2.45) is 0 Å². The summed E-state index contributed by atoms with van der Waals surface area (Å²) >= 11 is 0. The van der Waals surface area contributed by atoms with E-state index in [-0.39, 0.29) is 11.5 Å². The van der Waals surface area contributed by atoms with Gasteiger partial charge in [0.2, 0.25) is 0 Å². The highest BCUT2D eigenvalue weighted by Gasteiger charge is 2.36. The Balaban J connectivity index is 2.18. The third-order valence-corrected chi connectivity index (χ3v) is 4.07. The van der Waals surface area contributed by atoms with Crippen LogP contribution in [0.15, 0.2) is 30.3 Å². The fraction of sp³-hybridized carbons (Fsp3) is 0.562. The normalized spacial score (nSPS) is 17.5. The number of likely N-dealkylation sites (N-methyl/N-ethyl adjacent to an activating group) is 1. The highest BCUT2D eigenvalue weighted by atomic mass is 16.5. The number of rotatable bonds is 4. The van der Waals surface area contributed by atoms with Gasteiger partial charge in [0.25, 0.3) is 0 Å². The summed E-state index contributed by atoms with van der Waals surface area (Å²) in [6.07, 6.45) is 1.85. The topological polar surface area (TPSA) is 41.6 Å². The second-order valence-corrected chi connectivity index (χ2v) is 5.45. The van der Waals surface area contributed by atoms with Gasteiger partial charge in [0.05, 0.1) is 6.61 Å². The van der Waals surface area contributed by atoms with Gasteiger partial charge in [0.1, 0.15) is 0 Å². The first-order chi connectivity index (χ1) is 9.68. The maximum Gasteiger partial charge on any atom is 0.409 e. The van der Waals surface area contributed by atoms with Crippen molar-refractivity contribution >= 4 is 6.09 Å². The zero-order valence-corrected chi connectivity index (χ0v) is 12.4. The average molecular weight is 276 g/mol. The Kier molecular flexibility index (Phi) is 5.01. The molecule has 2 rings (SSSR count). The van der Waals surface area contributed by atoms with E-state index < -0.39 is 0 Å². The first-order valence-corrected chi connectivity index (χ1v) is 7.32. The van der Waals surface area contributed by atoms with Crippen molar-refractivity contribution in [3.8, 4) is 0 Å². The number of benzene rings is 1. The van der Waals surface area contributed by atoms with Crippen LogP contribution < -0.4 is 5.32 Å². The minimum absolute atomic E-state index is 0.0357. The Labute approximate surface area is 121 Å². The van der Waals surface area contributed by atoms with Gasteiger partial charge in [-0.1, -0.05) is 30.3 Å². The zero-order chi connectivity index (χ0) is 14.4. The lowest BCUT2D eigenvalue weighted by Gasteiger charge is -2.40. The molecule has 1 N–H and O–H groups in total. The standard InChI is InChI=1S/C16H24N2O2/c1-3-20-15(19)18(2)13-16(9-11-17-12-10-16)14-7-5-4-6-8-14/h4-8,17H,3,9-13H2,1-2H3. The number of piperidine rings is 1. The molecule has 0 spiro atoms. The minimum Gasteiger partial charge on any atom is -0.450 e. The highest BCUT2D eigenvalue weighted by molar-refractivity contribution is 5.67. The van der Waals surface area contributed by atoms with Gasteiger partial charge >= 0.3 is 6.09 Å². The molecular weight excluding hydrogens is 252 g/mol. The SMILES string of the molecule is CCOC(=O)N(C)CC1(c2ccccc2)CCNCC1. The predicted molar refractivity (Wildman–Crippen MR) is 79.9 cm³/mol. The Morgan fingerprint density at radius 2 is 1.95 bits per heavy atom. The fourth-order valence-corrected chi connectivity index (χ4v) is 2.99. The maximum atomic E-state index is 11.9. The van der Waals surface area contributed by atoms with Crippen molar-refractivity contribution in [1.82, 2.24) is 10.2 Å². The molecule has 4 nitrogen and oxygen atoms in total. The number of hydrogen-bond donors (Lipinski definition) is 1. The molecule has 4 heteroatoms. The lowest BCUT2D eigenvalue weighted by atomic mass is 9.73. The summed E-state index contributed by atoms with van der Waals surface area (Å²) in [5, 5.41) is 3.40. The van der Waals surface area contributed by atoms with Crippen molar-refractivity contribution in [3.63, 3.8) is 0 Å². The summed E-state index contributed by atoms with van der Waals surface area (Å²) in [7, 11) is 1.82. The van der Waals surface area contributed by atoms with Gasteiger partial charge in [-0.15, -0.1) is 0 Å². The predicted octanol–water partition coefficient (Wildman–Crippen LogP) is 2.40. The monoisotopic (exact) mass is 276 g/mol. The van der Waals surface area contributed by atoms with E-state index >= 15 is 0 Å². The third kappa shape index (κ3) is 3.31. The molecule has 1 aliphatic rings. The van der Waals surface area contributed by atoms with Crippen LogP contribution in [-0.4, -0.2) is 44.3 Å². The van der Waals surface area contributed by atoms with Crippen LogP contribution in [-0.2, 0) is 10.2 Å². The summed E-state index contributed by atoms with van der Waals surface area (Å²) in [5.74, 6) is 0. The van der Waals surface area contributed by atoms with Crippen LogP contribution in [0.4, 0.5) is 4.79 Å². The van der Waals surface area contributed by atoms with Gasteiger partial charge in [0.15, 0.2) is 0 Å². The first kappa shape index (κ1) is 14.9. The number of carbonyl (C=O) groups excluding carboxylic acids is 1. The molecule has 0 saturated carbocycles. The van der Waals surface area contributed by atoms with Crippen LogP contribution >= 0.6 is 0 Å². The number of amides is 1. The Hall–Kier alpha value is -1.55. The number of carbonyl (C=O) groups is 1. The first-order valence-electron chi connectivity index (χ1n) is 7.32. The lowest BCUT2D eigenvalue weighted by molar-refractivity contribution is 0.102. The van der Waals surface area contributed by atoms with E-state index in [1.54, 1.807) is 4.90 Å². The van der Waals surface area contributed by atoms with E-state index in [1.807, 2.05) is 20.0 Å². The fourth-order valence-electron chi connectivity index (χ4n) is 2.99. The number of nitrogens with one attached hydrogen (secondary N) is 1. The van der Waals surface area contributed by atoms with Crippen molar-refractivity contribution in [2.45, 2.75) is 25.2 Å². The van der Waals surface area contributed by atoms with E-state index in [9.17, 15) is 4.79 Å². The van der Waals surface area contributed by atoms with Gasteiger partial charge in [-0.05, 0) is 38.4 Å². The largest absolute Gasteiger partial charge is 0.450 e. The van der Waals surface area contributed by atoms with Crippen molar-refractivity contribution in [2.75, 3.05) is 33.3 Å². The summed E-state index contributed by atoms with van der Waals surface area (Å²) in [5.41, 5.74) is 1.35. The lowest BCUT2D eigenvalue weighted by Crippen LogP contribution is -2.48. The van der Waals surface area contributed by atoms with Gasteiger partial charge < -0.3 is 15.0 Å². The molecule has 0 unspecified atom stereocenters. The van der Waals surface area contributed by atoms with Crippen LogP contribution in [0.5, 0.6) is 0 Å². The number of nitrogens with zero attached hydrogens (tertiary/aromatic N) is 1. The average Bonchev–Trinajstić information content (AvgIpc) is 2.49. The van der Waals surface area contributed by atoms with Crippen LogP contribution in [0, 0.1) is 0 Å². The van der Waals surface area contributed by atoms with E-state index in [2.05, 4.69) is 29.6 Å². The summed E-state index contributed by atoms with van der Waals surface area (Å²) in [6, 6.07) is 10.5. The van der Waals surface area contributed by atoms with Gasteiger partial charge in [0, 0.05) is 19.0 Å². The molecule has 0 aliphatic carbocycles. The highest BCUT2D eigenvalue weighted by Crippen LogP contribution is 2.34. The van der Waals surface area contributed by atoms with Gasteiger partial charge in [-0.2, -0.15) is 0 Å². The van der Waals surface area contributed by atoms with E-state index in [0.29, 0.717) is 13.2 Å². The molecule has 1 heterocycles. The molecule has 1 aromatic rings.